The van der Waals surface area contributed by atoms with Crippen LogP contribution in [0, 0.1) is 11.3 Å². The Hall–Kier alpha value is -1.79. The maximum Gasteiger partial charge on any atom is 0.101 e. The minimum atomic E-state index is 0.160. The molecule has 0 spiro atoms. The predicted molar refractivity (Wildman–Crippen MR) is 77.3 cm³/mol. The molecule has 0 fully saturated rings. The smallest absolute Gasteiger partial charge is 0.101 e. The van der Waals surface area contributed by atoms with Crippen LogP contribution in [0.3, 0.4) is 0 Å². The lowest BCUT2D eigenvalue weighted by atomic mass is 10.1. The minimum Gasteiger partial charge on any atom is -0.377 e. The van der Waals surface area contributed by atoms with Gasteiger partial charge in [-0.25, -0.2) is 0 Å². The normalized spacial score (nSPS) is 11.6. The molecule has 0 radical (unpaired) electrons. The fourth-order valence-corrected chi connectivity index (χ4v) is 2.15. The van der Waals surface area contributed by atoms with Crippen LogP contribution in [0.2, 0.25) is 0 Å². The molecule has 18 heavy (non-hydrogen) atoms. The summed E-state index contributed by atoms with van der Waals surface area (Å²) in [5, 5.41) is 12.5. The monoisotopic (exact) mass is 300 g/mol. The second-order valence-corrected chi connectivity index (χ2v) is 4.99. The third-order valence-corrected chi connectivity index (χ3v) is 3.27. The molecule has 0 amide bonds. The maximum absolute atomic E-state index is 9.09. The van der Waals surface area contributed by atoms with Crippen LogP contribution in [-0.4, -0.2) is 0 Å². The van der Waals surface area contributed by atoms with Gasteiger partial charge in [-0.15, -0.1) is 0 Å². The summed E-state index contributed by atoms with van der Waals surface area (Å²) in [7, 11) is 0. The van der Waals surface area contributed by atoms with Gasteiger partial charge in [0.2, 0.25) is 0 Å². The molecule has 90 valence electrons. The van der Waals surface area contributed by atoms with Gasteiger partial charge in [0.25, 0.3) is 0 Å². The highest BCUT2D eigenvalue weighted by Crippen LogP contribution is 2.25. The van der Waals surface area contributed by atoms with Crippen molar-refractivity contribution in [3.05, 3.63) is 64.1 Å². The van der Waals surface area contributed by atoms with Crippen molar-refractivity contribution < 1.29 is 0 Å². The van der Waals surface area contributed by atoms with Crippen LogP contribution in [0.4, 0.5) is 5.69 Å². The number of rotatable bonds is 3. The van der Waals surface area contributed by atoms with Crippen LogP contribution in [0.5, 0.6) is 0 Å². The maximum atomic E-state index is 9.09. The Morgan fingerprint density at radius 1 is 1.17 bits per heavy atom. The summed E-state index contributed by atoms with van der Waals surface area (Å²) in [6.45, 7) is 2.08. The SMILES string of the molecule is CC(Nc1cc(Br)ccc1C#N)c1ccccc1. The average molecular weight is 301 g/mol. The highest BCUT2D eigenvalue weighted by atomic mass is 79.9. The molecule has 0 aromatic heterocycles. The van der Waals surface area contributed by atoms with Crippen molar-refractivity contribution >= 4 is 21.6 Å². The van der Waals surface area contributed by atoms with Crippen molar-refractivity contribution in [3.8, 4) is 6.07 Å². The van der Waals surface area contributed by atoms with E-state index in [9.17, 15) is 0 Å². The summed E-state index contributed by atoms with van der Waals surface area (Å²) < 4.78 is 0.962. The van der Waals surface area contributed by atoms with E-state index in [0.717, 1.165) is 10.2 Å². The summed E-state index contributed by atoms with van der Waals surface area (Å²) >= 11 is 3.42. The number of nitrogens with one attached hydrogen (secondary N) is 1. The van der Waals surface area contributed by atoms with Crippen LogP contribution in [0.1, 0.15) is 24.1 Å². The fraction of sp³-hybridized carbons (Fsp3) is 0.133. The first-order valence-electron chi connectivity index (χ1n) is 5.72. The van der Waals surface area contributed by atoms with Gasteiger partial charge in [0, 0.05) is 10.5 Å². The first kappa shape index (κ1) is 12.7. The molecule has 0 bridgehead atoms. The lowest BCUT2D eigenvalue weighted by Crippen LogP contribution is -2.07. The number of anilines is 1. The summed E-state index contributed by atoms with van der Waals surface area (Å²) in [5.74, 6) is 0. The van der Waals surface area contributed by atoms with Gasteiger partial charge < -0.3 is 5.32 Å². The van der Waals surface area contributed by atoms with Gasteiger partial charge in [-0.3, -0.25) is 0 Å². The van der Waals surface area contributed by atoms with E-state index in [1.54, 1.807) is 0 Å². The molecule has 2 aromatic rings. The van der Waals surface area contributed by atoms with Crippen molar-refractivity contribution in [1.29, 1.82) is 5.26 Å². The zero-order valence-corrected chi connectivity index (χ0v) is 11.6. The van der Waals surface area contributed by atoms with Crippen LogP contribution in [0.15, 0.2) is 53.0 Å². The molecule has 0 heterocycles. The number of benzene rings is 2. The Bertz CT molecular complexity index is 573. The van der Waals surface area contributed by atoms with E-state index in [2.05, 4.69) is 46.4 Å². The summed E-state index contributed by atoms with van der Waals surface area (Å²) in [5.41, 5.74) is 2.70. The van der Waals surface area contributed by atoms with Crippen LogP contribution < -0.4 is 5.32 Å². The van der Waals surface area contributed by atoms with E-state index in [4.69, 9.17) is 5.26 Å². The molecule has 0 saturated carbocycles. The zero-order chi connectivity index (χ0) is 13.0. The molecule has 0 aliphatic heterocycles. The van der Waals surface area contributed by atoms with E-state index in [1.165, 1.54) is 5.56 Å². The van der Waals surface area contributed by atoms with Crippen LogP contribution in [0.25, 0.3) is 0 Å². The van der Waals surface area contributed by atoms with Crippen molar-refractivity contribution in [2.24, 2.45) is 0 Å². The van der Waals surface area contributed by atoms with Crippen molar-refractivity contribution in [2.75, 3.05) is 5.32 Å². The Balaban J connectivity index is 2.24. The Morgan fingerprint density at radius 2 is 1.89 bits per heavy atom. The predicted octanol–water partition coefficient (Wildman–Crippen LogP) is 4.49. The second kappa shape index (κ2) is 5.70. The molecular formula is C15H13BrN2. The zero-order valence-electron chi connectivity index (χ0n) is 10.0. The summed E-state index contributed by atoms with van der Waals surface area (Å²) in [6.07, 6.45) is 0. The van der Waals surface area contributed by atoms with Crippen molar-refractivity contribution in [1.82, 2.24) is 0 Å². The standard InChI is InChI=1S/C15H13BrN2/c1-11(12-5-3-2-4-6-12)18-15-9-14(16)8-7-13(15)10-17/h2-9,11,18H,1H3. The first-order valence-corrected chi connectivity index (χ1v) is 6.51. The van der Waals surface area contributed by atoms with E-state index < -0.39 is 0 Å². The third kappa shape index (κ3) is 2.91. The largest absolute Gasteiger partial charge is 0.377 e. The topological polar surface area (TPSA) is 35.8 Å². The molecular weight excluding hydrogens is 288 g/mol. The molecule has 1 unspecified atom stereocenters. The van der Waals surface area contributed by atoms with E-state index in [0.29, 0.717) is 5.56 Å². The van der Waals surface area contributed by atoms with Gasteiger partial charge in [0.1, 0.15) is 6.07 Å². The molecule has 2 rings (SSSR count). The van der Waals surface area contributed by atoms with Gasteiger partial charge >= 0.3 is 0 Å². The minimum absolute atomic E-state index is 0.160. The molecule has 1 atom stereocenters. The van der Waals surface area contributed by atoms with Gasteiger partial charge in [-0.1, -0.05) is 46.3 Å². The first-order chi connectivity index (χ1) is 8.70. The number of hydrogen-bond donors (Lipinski definition) is 1. The second-order valence-electron chi connectivity index (χ2n) is 4.08. The number of nitriles is 1. The van der Waals surface area contributed by atoms with Gasteiger partial charge in [-0.05, 0) is 30.7 Å². The quantitative estimate of drug-likeness (QED) is 0.906. The average Bonchev–Trinajstić information content (AvgIpc) is 2.40. The highest BCUT2D eigenvalue weighted by Gasteiger charge is 2.08. The fourth-order valence-electron chi connectivity index (χ4n) is 1.79. The van der Waals surface area contributed by atoms with Crippen LogP contribution >= 0.6 is 15.9 Å². The summed E-state index contributed by atoms with van der Waals surface area (Å²) in [6, 6.07) is 18.1. The third-order valence-electron chi connectivity index (χ3n) is 2.77. The molecule has 2 aromatic carbocycles. The van der Waals surface area contributed by atoms with Crippen molar-refractivity contribution in [2.45, 2.75) is 13.0 Å². The van der Waals surface area contributed by atoms with Crippen molar-refractivity contribution in [3.63, 3.8) is 0 Å². The molecule has 0 aliphatic rings. The Kier molecular flexibility index (Phi) is 4.01. The van der Waals surface area contributed by atoms with E-state index in [1.807, 2.05) is 36.4 Å². The number of nitrogens with zero attached hydrogens (tertiary/aromatic N) is 1. The highest BCUT2D eigenvalue weighted by molar-refractivity contribution is 9.10. The summed E-state index contributed by atoms with van der Waals surface area (Å²) in [4.78, 5) is 0. The molecule has 1 N–H and O–H groups in total. The van der Waals surface area contributed by atoms with Crippen LogP contribution in [-0.2, 0) is 0 Å². The van der Waals surface area contributed by atoms with Gasteiger partial charge in [0.15, 0.2) is 0 Å². The van der Waals surface area contributed by atoms with E-state index >= 15 is 0 Å². The molecule has 0 aliphatic carbocycles. The lowest BCUT2D eigenvalue weighted by molar-refractivity contribution is 0.884. The Morgan fingerprint density at radius 3 is 2.56 bits per heavy atom. The molecule has 2 nitrogen and oxygen atoms in total. The lowest BCUT2D eigenvalue weighted by Gasteiger charge is -2.16. The molecule has 3 heteroatoms. The van der Waals surface area contributed by atoms with Gasteiger partial charge in [0.05, 0.1) is 11.3 Å². The van der Waals surface area contributed by atoms with E-state index in [-0.39, 0.29) is 6.04 Å². The Labute approximate surface area is 115 Å². The molecule has 0 saturated heterocycles. The number of halogens is 1. The number of hydrogen-bond acceptors (Lipinski definition) is 2. The van der Waals surface area contributed by atoms with Gasteiger partial charge in [-0.2, -0.15) is 5.26 Å².